The Morgan fingerprint density at radius 1 is 1.03 bits per heavy atom. The molecule has 3 aromatic carbocycles. The number of carbonyl (C=O) groups is 2. The summed E-state index contributed by atoms with van der Waals surface area (Å²) in [5.74, 6) is 0.114. The van der Waals surface area contributed by atoms with Crippen LogP contribution in [-0.2, 0) is 24.1 Å². The number of hydrogen-bond acceptors (Lipinski definition) is 4. The number of ether oxygens (including phenoxy) is 1. The van der Waals surface area contributed by atoms with E-state index in [1.807, 2.05) is 24.3 Å². The van der Waals surface area contributed by atoms with Crippen LogP contribution in [0.3, 0.4) is 0 Å². The molecule has 1 aliphatic rings. The summed E-state index contributed by atoms with van der Waals surface area (Å²) in [4.78, 5) is 26.2. The highest BCUT2D eigenvalue weighted by atomic mass is 32.2. The van der Waals surface area contributed by atoms with Crippen molar-refractivity contribution in [3.05, 3.63) is 94.5 Å². The van der Waals surface area contributed by atoms with Crippen LogP contribution in [-0.4, -0.2) is 35.4 Å². The number of aliphatic carboxylic acids is 1. The van der Waals surface area contributed by atoms with Gasteiger partial charge in [-0.15, -0.1) is 11.8 Å². The number of fused-ring (bicyclic) bond motifs is 1. The van der Waals surface area contributed by atoms with Gasteiger partial charge in [-0.25, -0.2) is 4.79 Å². The van der Waals surface area contributed by atoms with Crippen LogP contribution in [0.4, 0.5) is 0 Å². The number of rotatable bonds is 8. The van der Waals surface area contributed by atoms with Crippen molar-refractivity contribution in [1.82, 2.24) is 5.32 Å². The zero-order valence-corrected chi connectivity index (χ0v) is 19.6. The third-order valence-corrected chi connectivity index (χ3v) is 7.06. The third-order valence-electron chi connectivity index (χ3n) is 6.02. The number of nitrogens with one attached hydrogen (secondary N) is 1. The van der Waals surface area contributed by atoms with E-state index in [2.05, 4.69) is 36.5 Å². The Balaban J connectivity index is 1.49. The minimum absolute atomic E-state index is 0.276. The molecule has 0 radical (unpaired) electrons. The Morgan fingerprint density at radius 3 is 2.39 bits per heavy atom. The lowest BCUT2D eigenvalue weighted by Crippen LogP contribution is -2.55. The molecule has 33 heavy (non-hydrogen) atoms. The number of hydrogen-bond donors (Lipinski definition) is 2. The summed E-state index contributed by atoms with van der Waals surface area (Å²) in [5, 5.41) is 12.8. The largest absolute Gasteiger partial charge is 0.496 e. The second-order valence-corrected chi connectivity index (χ2v) is 9.55. The average Bonchev–Trinajstić information content (AvgIpc) is 3.18. The van der Waals surface area contributed by atoms with Crippen LogP contribution in [0.5, 0.6) is 5.75 Å². The van der Waals surface area contributed by atoms with Crippen molar-refractivity contribution in [2.45, 2.75) is 36.6 Å². The fraction of sp³-hybridized carbons (Fsp3) is 0.259. The first-order valence-electron chi connectivity index (χ1n) is 10.9. The first-order valence-corrected chi connectivity index (χ1v) is 11.9. The van der Waals surface area contributed by atoms with Gasteiger partial charge in [0.2, 0.25) is 0 Å². The highest BCUT2D eigenvalue weighted by molar-refractivity contribution is 7.99. The normalized spacial score (nSPS) is 13.9. The van der Waals surface area contributed by atoms with Gasteiger partial charge in [-0.3, -0.25) is 4.79 Å². The van der Waals surface area contributed by atoms with Crippen LogP contribution in [0.2, 0.25) is 0 Å². The average molecular weight is 462 g/mol. The van der Waals surface area contributed by atoms with Gasteiger partial charge >= 0.3 is 5.97 Å². The van der Waals surface area contributed by atoms with Crippen molar-refractivity contribution in [1.29, 1.82) is 0 Å². The third kappa shape index (κ3) is 5.06. The van der Waals surface area contributed by atoms with E-state index in [-0.39, 0.29) is 12.8 Å². The van der Waals surface area contributed by atoms with Gasteiger partial charge < -0.3 is 15.2 Å². The minimum Gasteiger partial charge on any atom is -0.496 e. The lowest BCUT2D eigenvalue weighted by Gasteiger charge is -2.25. The number of aryl methyl sites for hydroxylation is 2. The monoisotopic (exact) mass is 461 g/mol. The van der Waals surface area contributed by atoms with E-state index in [1.54, 1.807) is 37.1 Å². The van der Waals surface area contributed by atoms with Gasteiger partial charge in [-0.05, 0) is 48.2 Å². The molecule has 0 fully saturated rings. The second kappa shape index (κ2) is 9.71. The van der Waals surface area contributed by atoms with Crippen LogP contribution in [0.1, 0.15) is 32.6 Å². The van der Waals surface area contributed by atoms with Gasteiger partial charge in [0, 0.05) is 24.2 Å². The van der Waals surface area contributed by atoms with Crippen molar-refractivity contribution in [3.8, 4) is 5.75 Å². The maximum Gasteiger partial charge on any atom is 0.330 e. The van der Waals surface area contributed by atoms with Crippen molar-refractivity contribution in [3.63, 3.8) is 0 Å². The number of carboxylic acids is 1. The molecule has 0 saturated carbocycles. The summed E-state index contributed by atoms with van der Waals surface area (Å²) < 4.78 is 5.49. The minimum atomic E-state index is -1.33. The summed E-state index contributed by atoms with van der Waals surface area (Å²) in [6.07, 6.45) is 1.45. The number of carboxylic acid groups (broad SMARTS) is 1. The number of amides is 1. The van der Waals surface area contributed by atoms with Crippen molar-refractivity contribution < 1.29 is 19.4 Å². The van der Waals surface area contributed by atoms with Gasteiger partial charge in [0.15, 0.2) is 0 Å². The van der Waals surface area contributed by atoms with E-state index < -0.39 is 17.4 Å². The molecule has 4 rings (SSSR count). The van der Waals surface area contributed by atoms with Crippen LogP contribution in [0.25, 0.3) is 0 Å². The van der Waals surface area contributed by atoms with E-state index in [4.69, 9.17) is 4.74 Å². The Hall–Kier alpha value is -3.25. The molecule has 0 unspecified atom stereocenters. The topological polar surface area (TPSA) is 75.6 Å². The molecule has 1 amide bonds. The van der Waals surface area contributed by atoms with E-state index in [1.165, 1.54) is 11.1 Å². The van der Waals surface area contributed by atoms with E-state index in [9.17, 15) is 14.7 Å². The molecule has 0 aromatic heterocycles. The first kappa shape index (κ1) is 22.9. The summed E-state index contributed by atoms with van der Waals surface area (Å²) in [6.45, 7) is 2.08. The molecular weight excluding hydrogens is 434 g/mol. The summed E-state index contributed by atoms with van der Waals surface area (Å²) >= 11 is 1.62. The Kier molecular flexibility index (Phi) is 6.75. The number of thioether (sulfide) groups is 1. The van der Waals surface area contributed by atoms with Gasteiger partial charge in [0.1, 0.15) is 11.3 Å². The highest BCUT2D eigenvalue weighted by Gasteiger charge is 2.45. The van der Waals surface area contributed by atoms with Crippen molar-refractivity contribution in [2.24, 2.45) is 0 Å². The smallest absolute Gasteiger partial charge is 0.330 e. The van der Waals surface area contributed by atoms with Crippen molar-refractivity contribution in [2.75, 3.05) is 12.9 Å². The van der Waals surface area contributed by atoms with Crippen LogP contribution in [0.15, 0.2) is 71.6 Å². The summed E-state index contributed by atoms with van der Waals surface area (Å²) in [7, 11) is 1.61. The molecule has 0 atom stereocenters. The van der Waals surface area contributed by atoms with Gasteiger partial charge in [0.05, 0.1) is 12.0 Å². The van der Waals surface area contributed by atoms with Gasteiger partial charge in [-0.2, -0.15) is 0 Å². The molecule has 0 aliphatic heterocycles. The Bertz CT molecular complexity index is 1170. The number of carbonyl (C=O) groups excluding carboxylic acids is 1. The maximum atomic E-state index is 13.1. The molecule has 0 bridgehead atoms. The lowest BCUT2D eigenvalue weighted by atomic mass is 9.95. The van der Waals surface area contributed by atoms with Crippen LogP contribution < -0.4 is 10.1 Å². The van der Waals surface area contributed by atoms with Crippen LogP contribution in [0, 0.1) is 6.92 Å². The zero-order valence-electron chi connectivity index (χ0n) is 18.8. The van der Waals surface area contributed by atoms with Gasteiger partial charge in [-0.1, -0.05) is 54.1 Å². The lowest BCUT2D eigenvalue weighted by molar-refractivity contribution is -0.144. The van der Waals surface area contributed by atoms with Crippen LogP contribution >= 0.6 is 11.8 Å². The fourth-order valence-electron chi connectivity index (χ4n) is 4.27. The molecule has 0 heterocycles. The van der Waals surface area contributed by atoms with E-state index >= 15 is 0 Å². The fourth-order valence-corrected chi connectivity index (χ4v) is 5.34. The van der Waals surface area contributed by atoms with E-state index in [0.29, 0.717) is 11.3 Å². The number of benzene rings is 3. The predicted molar refractivity (Wildman–Crippen MR) is 130 cm³/mol. The molecule has 1 aliphatic carbocycles. The standard InChI is InChI=1S/C27H27NO4S/c1-18-6-5-7-19(14-18)12-13-33-24-15-20(10-11-23(24)32-2)25(29)28-27(26(30)31)16-21-8-3-4-9-22(21)17-27/h3-11,14-15H,12-13,16-17H2,1-2H3,(H,28,29)(H,30,31). The SMILES string of the molecule is COc1ccc(C(=O)NC2(C(=O)O)Cc3ccccc3C2)cc1SCCc1cccc(C)c1. The molecule has 5 nitrogen and oxygen atoms in total. The number of methoxy groups -OCH3 is 1. The molecule has 0 saturated heterocycles. The maximum absolute atomic E-state index is 13.1. The second-order valence-electron chi connectivity index (χ2n) is 8.42. The molecule has 3 aromatic rings. The van der Waals surface area contributed by atoms with E-state index in [0.717, 1.165) is 28.2 Å². The molecular formula is C27H27NO4S. The Labute approximate surface area is 198 Å². The molecule has 6 heteroatoms. The Morgan fingerprint density at radius 2 is 1.76 bits per heavy atom. The van der Waals surface area contributed by atoms with Crippen molar-refractivity contribution >= 4 is 23.6 Å². The summed E-state index contributed by atoms with van der Waals surface area (Å²) in [6, 6.07) is 21.3. The molecule has 2 N–H and O–H groups in total. The highest BCUT2D eigenvalue weighted by Crippen LogP contribution is 2.33. The first-order chi connectivity index (χ1) is 15.9. The van der Waals surface area contributed by atoms with Gasteiger partial charge in [0.25, 0.3) is 5.91 Å². The predicted octanol–water partition coefficient (Wildman–Crippen LogP) is 4.69. The molecule has 0 spiro atoms. The molecule has 170 valence electrons. The summed E-state index contributed by atoms with van der Waals surface area (Å²) in [5.41, 5.74) is 3.50. The zero-order chi connectivity index (χ0) is 23.4. The quantitative estimate of drug-likeness (QED) is 0.476.